The van der Waals surface area contributed by atoms with E-state index in [1.165, 1.54) is 6.07 Å². The highest BCUT2D eigenvalue weighted by Crippen LogP contribution is 2.34. The molecule has 0 unspecified atom stereocenters. The van der Waals surface area contributed by atoms with Gasteiger partial charge in [0.05, 0.1) is 5.56 Å². The summed E-state index contributed by atoms with van der Waals surface area (Å²) >= 11 is 0. The number of anilines is 1. The molecule has 0 spiro atoms. The maximum absolute atomic E-state index is 14.1. The average Bonchev–Trinajstić information content (AvgIpc) is 3.22. The number of halogens is 1. The average molecular weight is 325 g/mol. The zero-order valence-electron chi connectivity index (χ0n) is 13.5. The molecule has 0 radical (unpaired) electrons. The standard InChI is InChI=1S/C19H20FN3O/c20-16-6-2-1-5-14(16)13-8-9-23(11-13)19-15(18(21)24)10-12-4-3-7-17(12)22-19/h1-2,5-6,10,13H,3-4,7-9,11H2,(H2,21,24)/t13-/m0/s1. The minimum atomic E-state index is -0.443. The number of nitrogens with zero attached hydrogens (tertiary/aromatic N) is 2. The minimum absolute atomic E-state index is 0.113. The van der Waals surface area contributed by atoms with Crippen molar-refractivity contribution >= 4 is 11.7 Å². The highest BCUT2D eigenvalue weighted by Gasteiger charge is 2.30. The second-order valence-corrected chi connectivity index (χ2v) is 6.64. The number of nitrogens with two attached hydrogens (primary N) is 1. The molecular weight excluding hydrogens is 305 g/mol. The molecule has 124 valence electrons. The Morgan fingerprint density at radius 2 is 2.12 bits per heavy atom. The summed E-state index contributed by atoms with van der Waals surface area (Å²) in [6, 6.07) is 8.82. The molecule has 5 heteroatoms. The molecule has 1 fully saturated rings. The summed E-state index contributed by atoms with van der Waals surface area (Å²) in [5, 5.41) is 0. The molecule has 1 saturated heterocycles. The molecule has 1 aliphatic heterocycles. The zero-order valence-corrected chi connectivity index (χ0v) is 13.5. The molecule has 2 aromatic rings. The highest BCUT2D eigenvalue weighted by molar-refractivity contribution is 5.98. The van der Waals surface area contributed by atoms with Crippen LogP contribution in [0, 0.1) is 5.82 Å². The summed E-state index contributed by atoms with van der Waals surface area (Å²) < 4.78 is 14.1. The van der Waals surface area contributed by atoms with Crippen LogP contribution in [0.3, 0.4) is 0 Å². The van der Waals surface area contributed by atoms with E-state index in [-0.39, 0.29) is 11.7 Å². The van der Waals surface area contributed by atoms with Gasteiger partial charge in [0.1, 0.15) is 11.6 Å². The van der Waals surface area contributed by atoms with E-state index in [1.807, 2.05) is 18.2 Å². The smallest absolute Gasteiger partial charge is 0.252 e. The van der Waals surface area contributed by atoms with Gasteiger partial charge in [0.15, 0.2) is 0 Å². The molecule has 1 aromatic carbocycles. The van der Waals surface area contributed by atoms with Crippen LogP contribution in [0.1, 0.15) is 45.9 Å². The number of benzene rings is 1. The lowest BCUT2D eigenvalue weighted by atomic mass is 9.98. The number of carbonyl (C=O) groups is 1. The molecule has 0 saturated carbocycles. The predicted octanol–water partition coefficient (Wildman–Crippen LogP) is 2.80. The second-order valence-electron chi connectivity index (χ2n) is 6.64. The highest BCUT2D eigenvalue weighted by atomic mass is 19.1. The summed E-state index contributed by atoms with van der Waals surface area (Å²) in [5.41, 5.74) is 9.02. The molecule has 4 rings (SSSR count). The molecule has 1 aromatic heterocycles. The van der Waals surface area contributed by atoms with Gasteiger partial charge in [-0.1, -0.05) is 18.2 Å². The SMILES string of the molecule is NC(=O)c1cc2c(nc1N1CC[C@H](c3ccccc3F)C1)CCC2. The van der Waals surface area contributed by atoms with Gasteiger partial charge in [-0.15, -0.1) is 0 Å². The van der Waals surface area contributed by atoms with E-state index in [4.69, 9.17) is 10.7 Å². The lowest BCUT2D eigenvalue weighted by Gasteiger charge is -2.21. The Hall–Kier alpha value is -2.43. The zero-order chi connectivity index (χ0) is 16.7. The van der Waals surface area contributed by atoms with Crippen LogP contribution in [0.25, 0.3) is 0 Å². The molecule has 1 atom stereocenters. The van der Waals surface area contributed by atoms with E-state index < -0.39 is 5.91 Å². The quantitative estimate of drug-likeness (QED) is 0.944. The number of primary amides is 1. The molecule has 2 heterocycles. The maximum Gasteiger partial charge on any atom is 0.252 e. The van der Waals surface area contributed by atoms with Crippen LogP contribution in [-0.4, -0.2) is 24.0 Å². The van der Waals surface area contributed by atoms with Crippen LogP contribution in [0.4, 0.5) is 10.2 Å². The second kappa shape index (κ2) is 5.89. The third-order valence-electron chi connectivity index (χ3n) is 5.13. The summed E-state index contributed by atoms with van der Waals surface area (Å²) in [5.74, 6) is 0.173. The third kappa shape index (κ3) is 2.54. The van der Waals surface area contributed by atoms with Crippen molar-refractivity contribution < 1.29 is 9.18 Å². The van der Waals surface area contributed by atoms with Gasteiger partial charge in [0, 0.05) is 24.7 Å². The molecule has 1 amide bonds. The fourth-order valence-corrected chi connectivity index (χ4v) is 3.90. The van der Waals surface area contributed by atoms with Gasteiger partial charge in [-0.2, -0.15) is 0 Å². The van der Waals surface area contributed by atoms with Crippen molar-refractivity contribution in [1.82, 2.24) is 4.98 Å². The van der Waals surface area contributed by atoms with E-state index >= 15 is 0 Å². The van der Waals surface area contributed by atoms with E-state index in [0.29, 0.717) is 17.9 Å². The largest absolute Gasteiger partial charge is 0.365 e. The number of rotatable bonds is 3. The first-order valence-electron chi connectivity index (χ1n) is 8.45. The Balaban J connectivity index is 1.66. The van der Waals surface area contributed by atoms with Gasteiger partial charge in [-0.05, 0) is 48.9 Å². The molecule has 1 aliphatic carbocycles. The van der Waals surface area contributed by atoms with Gasteiger partial charge >= 0.3 is 0 Å². The Morgan fingerprint density at radius 1 is 1.29 bits per heavy atom. The predicted molar refractivity (Wildman–Crippen MR) is 90.8 cm³/mol. The number of aryl methyl sites for hydroxylation is 2. The van der Waals surface area contributed by atoms with Crippen LogP contribution >= 0.6 is 0 Å². The van der Waals surface area contributed by atoms with Crippen LogP contribution in [0.2, 0.25) is 0 Å². The van der Waals surface area contributed by atoms with Crippen molar-refractivity contribution in [2.75, 3.05) is 18.0 Å². The van der Waals surface area contributed by atoms with E-state index in [9.17, 15) is 9.18 Å². The minimum Gasteiger partial charge on any atom is -0.365 e. The van der Waals surface area contributed by atoms with Crippen molar-refractivity contribution in [1.29, 1.82) is 0 Å². The lowest BCUT2D eigenvalue weighted by Crippen LogP contribution is -2.26. The van der Waals surface area contributed by atoms with Crippen molar-refractivity contribution in [2.45, 2.75) is 31.6 Å². The van der Waals surface area contributed by atoms with Crippen LogP contribution in [0.5, 0.6) is 0 Å². The topological polar surface area (TPSA) is 59.2 Å². The number of carbonyl (C=O) groups excluding carboxylic acids is 1. The molecule has 4 nitrogen and oxygen atoms in total. The summed E-state index contributed by atoms with van der Waals surface area (Å²) in [6.45, 7) is 1.41. The van der Waals surface area contributed by atoms with Crippen molar-refractivity contribution in [3.05, 3.63) is 58.5 Å². The van der Waals surface area contributed by atoms with Gasteiger partial charge in [0.2, 0.25) is 0 Å². The molecule has 2 N–H and O–H groups in total. The summed E-state index contributed by atoms with van der Waals surface area (Å²) in [6.07, 6.45) is 3.83. The normalized spacial score (nSPS) is 19.5. The first-order chi connectivity index (χ1) is 11.6. The molecule has 24 heavy (non-hydrogen) atoms. The van der Waals surface area contributed by atoms with E-state index in [0.717, 1.165) is 49.0 Å². The number of amides is 1. The Bertz CT molecular complexity index is 805. The number of aromatic nitrogens is 1. The Labute approximate surface area is 140 Å². The van der Waals surface area contributed by atoms with Crippen LogP contribution in [-0.2, 0) is 12.8 Å². The van der Waals surface area contributed by atoms with E-state index in [2.05, 4.69) is 4.90 Å². The van der Waals surface area contributed by atoms with Gasteiger partial charge < -0.3 is 10.6 Å². The van der Waals surface area contributed by atoms with E-state index in [1.54, 1.807) is 6.07 Å². The van der Waals surface area contributed by atoms with Gasteiger partial charge in [-0.25, -0.2) is 9.37 Å². The lowest BCUT2D eigenvalue weighted by molar-refractivity contribution is 0.100. The van der Waals surface area contributed by atoms with Crippen molar-refractivity contribution in [3.63, 3.8) is 0 Å². The Kier molecular flexibility index (Phi) is 3.71. The monoisotopic (exact) mass is 325 g/mol. The van der Waals surface area contributed by atoms with Gasteiger partial charge in [0.25, 0.3) is 5.91 Å². The molecule has 2 aliphatic rings. The third-order valence-corrected chi connectivity index (χ3v) is 5.13. The van der Waals surface area contributed by atoms with Crippen LogP contribution < -0.4 is 10.6 Å². The number of pyridine rings is 1. The number of hydrogen-bond acceptors (Lipinski definition) is 3. The number of hydrogen-bond donors (Lipinski definition) is 1. The molecule has 0 bridgehead atoms. The first-order valence-corrected chi connectivity index (χ1v) is 8.45. The first kappa shape index (κ1) is 15.1. The van der Waals surface area contributed by atoms with Crippen molar-refractivity contribution in [3.8, 4) is 0 Å². The molecular formula is C19H20FN3O. The Morgan fingerprint density at radius 3 is 2.92 bits per heavy atom. The summed E-state index contributed by atoms with van der Waals surface area (Å²) in [7, 11) is 0. The van der Waals surface area contributed by atoms with Crippen LogP contribution in [0.15, 0.2) is 30.3 Å². The maximum atomic E-state index is 14.1. The van der Waals surface area contributed by atoms with Crippen molar-refractivity contribution in [2.24, 2.45) is 5.73 Å². The fraction of sp³-hybridized carbons (Fsp3) is 0.368. The summed E-state index contributed by atoms with van der Waals surface area (Å²) in [4.78, 5) is 18.7. The number of fused-ring (bicyclic) bond motifs is 1. The van der Waals surface area contributed by atoms with Gasteiger partial charge in [-0.3, -0.25) is 4.79 Å². The fourth-order valence-electron chi connectivity index (χ4n) is 3.90.